The van der Waals surface area contributed by atoms with Crippen LogP contribution in [-0.4, -0.2) is 49.1 Å². The van der Waals surface area contributed by atoms with E-state index in [1.807, 2.05) is 45.0 Å². The Morgan fingerprint density at radius 2 is 1.95 bits per heavy atom. The summed E-state index contributed by atoms with van der Waals surface area (Å²) in [6, 6.07) is 7.45. The van der Waals surface area contributed by atoms with E-state index in [-0.39, 0.29) is 18.0 Å². The molecular weight excluding hydrogens is 254 g/mol. The van der Waals surface area contributed by atoms with Crippen molar-refractivity contribution in [3.05, 3.63) is 29.8 Å². The molecule has 0 unspecified atom stereocenters. The van der Waals surface area contributed by atoms with Crippen molar-refractivity contribution in [1.29, 1.82) is 0 Å². The van der Waals surface area contributed by atoms with E-state index in [0.717, 1.165) is 13.1 Å². The summed E-state index contributed by atoms with van der Waals surface area (Å²) in [6.07, 6.45) is 0.349. The van der Waals surface area contributed by atoms with Gasteiger partial charge in [-0.1, -0.05) is 12.1 Å². The molecule has 1 aliphatic heterocycles. The van der Waals surface area contributed by atoms with Crippen LogP contribution < -0.4 is 4.74 Å². The fourth-order valence-corrected chi connectivity index (χ4v) is 2.68. The van der Waals surface area contributed by atoms with Gasteiger partial charge < -0.3 is 9.47 Å². The molecule has 1 heterocycles. The van der Waals surface area contributed by atoms with Gasteiger partial charge in [0.1, 0.15) is 5.75 Å². The smallest absolute Gasteiger partial charge is 0.180 e. The minimum atomic E-state index is 0.107. The van der Waals surface area contributed by atoms with E-state index >= 15 is 0 Å². The van der Waals surface area contributed by atoms with Crippen molar-refractivity contribution in [2.24, 2.45) is 0 Å². The van der Waals surface area contributed by atoms with E-state index < -0.39 is 0 Å². The van der Waals surface area contributed by atoms with Crippen LogP contribution in [0.25, 0.3) is 0 Å². The van der Waals surface area contributed by atoms with E-state index in [1.165, 1.54) is 0 Å². The highest BCUT2D eigenvalue weighted by molar-refractivity contribution is 6.00. The lowest BCUT2D eigenvalue weighted by atomic mass is 10.1. The molecule has 1 aromatic rings. The molecule has 0 radical (unpaired) electrons. The van der Waals surface area contributed by atoms with Gasteiger partial charge in [-0.15, -0.1) is 0 Å². The van der Waals surface area contributed by atoms with Crippen LogP contribution in [0.4, 0.5) is 0 Å². The maximum absolute atomic E-state index is 12.5. The van der Waals surface area contributed by atoms with Gasteiger partial charge in [0.15, 0.2) is 5.78 Å². The van der Waals surface area contributed by atoms with Crippen molar-refractivity contribution >= 4 is 5.78 Å². The van der Waals surface area contributed by atoms with Crippen LogP contribution in [0.3, 0.4) is 0 Å². The summed E-state index contributed by atoms with van der Waals surface area (Å²) in [7, 11) is 0. The number of benzene rings is 1. The Labute approximate surface area is 120 Å². The number of para-hydroxylation sites is 1. The predicted molar refractivity (Wildman–Crippen MR) is 78.4 cm³/mol. The monoisotopic (exact) mass is 277 g/mol. The highest BCUT2D eigenvalue weighted by Crippen LogP contribution is 2.20. The van der Waals surface area contributed by atoms with Gasteiger partial charge in [0.25, 0.3) is 0 Å². The van der Waals surface area contributed by atoms with Gasteiger partial charge in [-0.05, 0) is 32.9 Å². The number of morpholine rings is 1. The third kappa shape index (κ3) is 3.81. The summed E-state index contributed by atoms with van der Waals surface area (Å²) in [4.78, 5) is 14.6. The zero-order chi connectivity index (χ0) is 14.5. The number of Topliss-reactive ketones (excluding diaryl/α,β-unsaturated/α-hetero) is 1. The lowest BCUT2D eigenvalue weighted by Gasteiger charge is -2.34. The van der Waals surface area contributed by atoms with Gasteiger partial charge in [0.2, 0.25) is 0 Å². The molecule has 4 heteroatoms. The van der Waals surface area contributed by atoms with E-state index in [1.54, 1.807) is 0 Å². The highest BCUT2D eigenvalue weighted by Gasteiger charge is 2.24. The minimum absolute atomic E-state index is 0.107. The number of hydrogen-bond donors (Lipinski definition) is 0. The molecule has 0 amide bonds. The normalized spacial score (nSPS) is 23.6. The summed E-state index contributed by atoms with van der Waals surface area (Å²) in [5, 5.41) is 0. The van der Waals surface area contributed by atoms with Gasteiger partial charge in [-0.2, -0.15) is 0 Å². The third-order valence-corrected chi connectivity index (χ3v) is 3.35. The first-order chi connectivity index (χ1) is 9.60. The number of carbonyl (C=O) groups excluding carboxylic acids is 1. The topological polar surface area (TPSA) is 38.8 Å². The Hall–Kier alpha value is -1.39. The number of carbonyl (C=O) groups is 1. The molecule has 110 valence electrons. The number of ether oxygens (including phenoxy) is 2. The number of ketones is 1. The van der Waals surface area contributed by atoms with Crippen molar-refractivity contribution in [2.75, 3.05) is 26.2 Å². The van der Waals surface area contributed by atoms with Crippen molar-refractivity contribution in [3.8, 4) is 5.75 Å². The summed E-state index contributed by atoms with van der Waals surface area (Å²) >= 11 is 0. The van der Waals surface area contributed by atoms with Crippen LogP contribution in [0.15, 0.2) is 24.3 Å². The Bertz CT molecular complexity index is 451. The molecule has 0 saturated carbocycles. The second-order valence-electron chi connectivity index (χ2n) is 5.30. The first-order valence-electron chi connectivity index (χ1n) is 7.23. The second-order valence-corrected chi connectivity index (χ2v) is 5.30. The standard InChI is InChI=1S/C16H23NO3/c1-4-19-16-8-6-5-7-14(16)15(18)11-17-9-12(2)20-13(3)10-17/h5-8,12-13H,4,9-11H2,1-3H3/t12-,13+. The van der Waals surface area contributed by atoms with Crippen molar-refractivity contribution in [1.82, 2.24) is 4.90 Å². The van der Waals surface area contributed by atoms with Crippen LogP contribution in [0.1, 0.15) is 31.1 Å². The summed E-state index contributed by atoms with van der Waals surface area (Å²) in [5.74, 6) is 0.782. The Kier molecular flexibility index (Phi) is 5.15. The van der Waals surface area contributed by atoms with Gasteiger partial charge in [-0.25, -0.2) is 0 Å². The second kappa shape index (κ2) is 6.86. The summed E-state index contributed by atoms with van der Waals surface area (Å²) < 4.78 is 11.2. The molecule has 0 aliphatic carbocycles. The maximum atomic E-state index is 12.5. The summed E-state index contributed by atoms with van der Waals surface area (Å²) in [6.45, 7) is 8.59. The molecule has 0 N–H and O–H groups in total. The first kappa shape index (κ1) is 15.0. The Morgan fingerprint density at radius 3 is 2.60 bits per heavy atom. The first-order valence-corrected chi connectivity index (χ1v) is 7.23. The highest BCUT2D eigenvalue weighted by atomic mass is 16.5. The largest absolute Gasteiger partial charge is 0.493 e. The molecule has 20 heavy (non-hydrogen) atoms. The Balaban J connectivity index is 2.04. The average molecular weight is 277 g/mol. The van der Waals surface area contributed by atoms with Gasteiger partial charge >= 0.3 is 0 Å². The SMILES string of the molecule is CCOc1ccccc1C(=O)CN1C[C@@H](C)O[C@@H](C)C1. The van der Waals surface area contributed by atoms with Crippen molar-refractivity contribution in [2.45, 2.75) is 33.0 Å². The molecule has 1 aromatic carbocycles. The Morgan fingerprint density at radius 1 is 1.30 bits per heavy atom. The lowest BCUT2D eigenvalue weighted by Crippen LogP contribution is -2.47. The molecule has 1 fully saturated rings. The molecule has 1 saturated heterocycles. The van der Waals surface area contributed by atoms with Crippen LogP contribution in [0.5, 0.6) is 5.75 Å². The molecule has 1 aliphatic rings. The van der Waals surface area contributed by atoms with Crippen LogP contribution in [0.2, 0.25) is 0 Å². The van der Waals surface area contributed by atoms with Gasteiger partial charge in [0.05, 0.1) is 30.9 Å². The quantitative estimate of drug-likeness (QED) is 0.775. The van der Waals surface area contributed by atoms with Crippen molar-refractivity contribution in [3.63, 3.8) is 0 Å². The fraction of sp³-hybridized carbons (Fsp3) is 0.562. The van der Waals surface area contributed by atoms with Gasteiger partial charge in [0, 0.05) is 13.1 Å². The third-order valence-electron chi connectivity index (χ3n) is 3.35. The molecule has 4 nitrogen and oxygen atoms in total. The zero-order valence-electron chi connectivity index (χ0n) is 12.5. The van der Waals surface area contributed by atoms with E-state index in [2.05, 4.69) is 4.90 Å². The van der Waals surface area contributed by atoms with Crippen LogP contribution in [0, 0.1) is 0 Å². The number of rotatable bonds is 5. The summed E-state index contributed by atoms with van der Waals surface area (Å²) in [5.41, 5.74) is 0.668. The lowest BCUT2D eigenvalue weighted by molar-refractivity contribution is -0.0652. The van der Waals surface area contributed by atoms with E-state index in [0.29, 0.717) is 24.5 Å². The minimum Gasteiger partial charge on any atom is -0.493 e. The van der Waals surface area contributed by atoms with Gasteiger partial charge in [-0.3, -0.25) is 9.69 Å². The zero-order valence-corrected chi connectivity index (χ0v) is 12.5. The fourth-order valence-electron chi connectivity index (χ4n) is 2.68. The predicted octanol–water partition coefficient (Wildman–Crippen LogP) is 2.38. The molecular formula is C16H23NO3. The molecule has 2 rings (SSSR count). The average Bonchev–Trinajstić information content (AvgIpc) is 2.38. The molecule has 0 bridgehead atoms. The number of nitrogens with zero attached hydrogens (tertiary/aromatic N) is 1. The van der Waals surface area contributed by atoms with Crippen molar-refractivity contribution < 1.29 is 14.3 Å². The van der Waals surface area contributed by atoms with Crippen LogP contribution >= 0.6 is 0 Å². The molecule has 0 aromatic heterocycles. The molecule has 2 atom stereocenters. The van der Waals surface area contributed by atoms with E-state index in [4.69, 9.17) is 9.47 Å². The van der Waals surface area contributed by atoms with Crippen LogP contribution in [-0.2, 0) is 4.74 Å². The molecule has 0 spiro atoms. The number of hydrogen-bond acceptors (Lipinski definition) is 4. The van der Waals surface area contributed by atoms with E-state index in [9.17, 15) is 4.79 Å². The maximum Gasteiger partial charge on any atom is 0.180 e.